The first-order valence-corrected chi connectivity index (χ1v) is 20.9. The summed E-state index contributed by atoms with van der Waals surface area (Å²) in [6, 6.07) is 30.0. The fraction of sp³-hybridized carbons (Fsp3) is 0.326. The molecule has 0 bridgehead atoms. The maximum Gasteiger partial charge on any atom is 0.413 e. The summed E-state index contributed by atoms with van der Waals surface area (Å²) in [6.07, 6.45) is 3.49. The molecule has 1 unspecified atom stereocenters. The van der Waals surface area contributed by atoms with E-state index >= 15 is 0 Å². The van der Waals surface area contributed by atoms with Gasteiger partial charge in [0.15, 0.2) is 0 Å². The molecule has 4 aromatic rings. The minimum atomic E-state index is -3.22. The number of amides is 3. The van der Waals surface area contributed by atoms with Gasteiger partial charge in [0.2, 0.25) is 5.91 Å². The number of rotatable bonds is 11. The third kappa shape index (κ3) is 11.1. The Labute approximate surface area is 332 Å². The van der Waals surface area contributed by atoms with Crippen LogP contribution in [-0.2, 0) is 37.3 Å². The summed E-state index contributed by atoms with van der Waals surface area (Å²) in [4.78, 5) is 56.9. The predicted octanol–water partition coefficient (Wildman–Crippen LogP) is 5.81. The van der Waals surface area contributed by atoms with Crippen molar-refractivity contribution in [3.05, 3.63) is 137 Å². The largest absolute Gasteiger partial charge is 0.457 e. The van der Waals surface area contributed by atoms with Crippen molar-refractivity contribution in [3.63, 3.8) is 0 Å². The molecule has 0 aromatic heterocycles. The fourth-order valence-electron chi connectivity index (χ4n) is 7.20. The number of sulfone groups is 1. The van der Waals surface area contributed by atoms with Gasteiger partial charge in [-0.3, -0.25) is 25.2 Å². The van der Waals surface area contributed by atoms with Crippen molar-refractivity contribution in [2.45, 2.75) is 62.7 Å². The van der Waals surface area contributed by atoms with Crippen molar-refractivity contribution in [2.75, 3.05) is 31.2 Å². The number of likely N-dealkylation sites (tertiary alicyclic amines) is 2. The fourth-order valence-corrected chi connectivity index (χ4v) is 8.33. The minimum Gasteiger partial charge on any atom is -0.457 e. The lowest BCUT2D eigenvalue weighted by Gasteiger charge is -2.32. The van der Waals surface area contributed by atoms with E-state index in [-0.39, 0.29) is 37.5 Å². The Bertz CT molecular complexity index is 2150. The molecule has 14 heteroatoms. The number of amidine groups is 1. The maximum atomic E-state index is 14.2. The van der Waals surface area contributed by atoms with E-state index in [1.807, 2.05) is 60.7 Å². The summed E-state index contributed by atoms with van der Waals surface area (Å²) in [5.74, 6) is -1.49. The van der Waals surface area contributed by atoms with Crippen LogP contribution in [0.2, 0.25) is 0 Å². The second kappa shape index (κ2) is 18.9. The first-order chi connectivity index (χ1) is 27.4. The standard InChI is InChI=1S/C43H47N5O8S/c1-57(53,54)37-14-8-9-24-47(25-23-37)36-26-38(40(49)45-35-21-19-34(20-22-35)42(51)55-28-30-10-4-2-5-11-30)48(27-36)41(50)33-17-15-32(16-18-33)39(44)46-43(52)56-29-31-12-6-3-7-13-31/h2-7,10-13,15-22,36-38H,8-9,14,23-29H2,1H3,(H,45,49)(H2,44,46,52)/t36-,37?,38-/m0/s1. The van der Waals surface area contributed by atoms with Crippen LogP contribution in [0.3, 0.4) is 0 Å². The number of nitrogens with one attached hydrogen (secondary N) is 3. The number of alkyl carbamates (subject to hydrolysis) is 1. The van der Waals surface area contributed by atoms with Crippen LogP contribution in [0.15, 0.2) is 109 Å². The van der Waals surface area contributed by atoms with Gasteiger partial charge in [-0.25, -0.2) is 18.0 Å². The number of ether oxygens (including phenoxy) is 2. The van der Waals surface area contributed by atoms with Gasteiger partial charge in [0.25, 0.3) is 5.91 Å². The third-order valence-electron chi connectivity index (χ3n) is 10.4. The van der Waals surface area contributed by atoms with Crippen molar-refractivity contribution in [2.24, 2.45) is 0 Å². The molecule has 2 heterocycles. The van der Waals surface area contributed by atoms with E-state index in [1.165, 1.54) is 6.26 Å². The second-order valence-electron chi connectivity index (χ2n) is 14.4. The highest BCUT2D eigenvalue weighted by Gasteiger charge is 2.42. The van der Waals surface area contributed by atoms with Gasteiger partial charge < -0.3 is 19.7 Å². The highest BCUT2D eigenvalue weighted by molar-refractivity contribution is 7.91. The molecule has 3 amide bonds. The number of carbonyl (C=O) groups excluding carboxylic acids is 4. The maximum absolute atomic E-state index is 14.2. The number of carbonyl (C=O) groups is 4. The molecule has 0 spiro atoms. The molecule has 298 valence electrons. The van der Waals surface area contributed by atoms with Gasteiger partial charge in [-0.1, -0.05) is 79.2 Å². The van der Waals surface area contributed by atoms with Crippen molar-refractivity contribution >= 4 is 45.2 Å². The summed E-state index contributed by atoms with van der Waals surface area (Å²) in [7, 11) is -3.22. The molecule has 57 heavy (non-hydrogen) atoms. The van der Waals surface area contributed by atoms with Crippen LogP contribution in [0.1, 0.15) is 69.5 Å². The first kappa shape index (κ1) is 40.8. The SMILES string of the molecule is CS(=O)(=O)C1CCCCN([C@H]2C[C@@H](C(=O)Nc3ccc(C(=O)OCc4ccccc4)cc3)N(C(=O)c3ccc(C(=N)NC(=O)OCc4ccccc4)cc3)C2)CC1. The van der Waals surface area contributed by atoms with E-state index in [9.17, 15) is 27.6 Å². The zero-order valence-electron chi connectivity index (χ0n) is 31.8. The van der Waals surface area contributed by atoms with E-state index in [0.29, 0.717) is 48.2 Å². The van der Waals surface area contributed by atoms with E-state index in [2.05, 4.69) is 15.5 Å². The highest BCUT2D eigenvalue weighted by atomic mass is 32.2. The first-order valence-electron chi connectivity index (χ1n) is 19.0. The molecule has 0 radical (unpaired) electrons. The van der Waals surface area contributed by atoms with Gasteiger partial charge in [-0.05, 0) is 86.3 Å². The molecule has 0 aliphatic carbocycles. The smallest absolute Gasteiger partial charge is 0.413 e. The molecule has 4 aromatic carbocycles. The van der Waals surface area contributed by atoms with Gasteiger partial charge in [-0.2, -0.15) is 0 Å². The van der Waals surface area contributed by atoms with E-state index < -0.39 is 39.1 Å². The quantitative estimate of drug-likeness (QED) is 0.0963. The molecule has 3 atom stereocenters. The van der Waals surface area contributed by atoms with E-state index in [4.69, 9.17) is 14.9 Å². The van der Waals surface area contributed by atoms with Gasteiger partial charge in [0, 0.05) is 35.7 Å². The molecule has 6 rings (SSSR count). The zero-order valence-corrected chi connectivity index (χ0v) is 32.6. The molecular formula is C43H47N5O8S. The van der Waals surface area contributed by atoms with Crippen LogP contribution in [0.4, 0.5) is 10.5 Å². The summed E-state index contributed by atoms with van der Waals surface area (Å²) in [5.41, 5.74) is 3.07. The van der Waals surface area contributed by atoms with Crippen LogP contribution in [0.25, 0.3) is 0 Å². The van der Waals surface area contributed by atoms with Crippen LogP contribution < -0.4 is 10.6 Å². The number of hydrogen-bond acceptors (Lipinski definition) is 10. The molecule has 2 fully saturated rings. The number of nitrogens with zero attached hydrogens (tertiary/aromatic N) is 2. The lowest BCUT2D eigenvalue weighted by atomic mass is 10.0. The third-order valence-corrected chi connectivity index (χ3v) is 12.1. The van der Waals surface area contributed by atoms with E-state index in [0.717, 1.165) is 30.5 Å². The Morgan fingerprint density at radius 3 is 1.96 bits per heavy atom. The van der Waals surface area contributed by atoms with Crippen LogP contribution in [0.5, 0.6) is 0 Å². The molecule has 0 saturated carbocycles. The lowest BCUT2D eigenvalue weighted by molar-refractivity contribution is -0.119. The Morgan fingerprint density at radius 1 is 0.737 bits per heavy atom. The normalized spacial score (nSPS) is 18.8. The van der Waals surface area contributed by atoms with Crippen molar-refractivity contribution in [1.29, 1.82) is 5.41 Å². The minimum absolute atomic E-state index is 0.0455. The summed E-state index contributed by atoms with van der Waals surface area (Å²) in [6.45, 7) is 1.67. The molecule has 2 aliphatic heterocycles. The van der Waals surface area contributed by atoms with Gasteiger partial charge in [0.05, 0.1) is 10.8 Å². The second-order valence-corrected chi connectivity index (χ2v) is 16.7. The monoisotopic (exact) mass is 793 g/mol. The summed E-state index contributed by atoms with van der Waals surface area (Å²) < 4.78 is 35.6. The lowest BCUT2D eigenvalue weighted by Crippen LogP contribution is -2.44. The average Bonchev–Trinajstić information content (AvgIpc) is 3.65. The Kier molecular flexibility index (Phi) is 13.5. The van der Waals surface area contributed by atoms with E-state index in [1.54, 1.807) is 53.4 Å². The van der Waals surface area contributed by atoms with Crippen LogP contribution in [-0.4, -0.2) is 91.2 Å². The van der Waals surface area contributed by atoms with Gasteiger partial charge in [-0.15, -0.1) is 0 Å². The average molecular weight is 794 g/mol. The Hall–Kier alpha value is -5.86. The van der Waals surface area contributed by atoms with Gasteiger partial charge >= 0.3 is 12.1 Å². The number of benzene rings is 4. The van der Waals surface area contributed by atoms with Crippen molar-refractivity contribution in [3.8, 4) is 0 Å². The van der Waals surface area contributed by atoms with Gasteiger partial charge in [0.1, 0.15) is 34.9 Å². The number of hydrogen-bond donors (Lipinski definition) is 3. The molecule has 3 N–H and O–H groups in total. The molecular weight excluding hydrogens is 747 g/mol. The van der Waals surface area contributed by atoms with Crippen molar-refractivity contribution in [1.82, 2.24) is 15.1 Å². The molecule has 2 saturated heterocycles. The number of anilines is 1. The van der Waals surface area contributed by atoms with Crippen LogP contribution >= 0.6 is 0 Å². The Morgan fingerprint density at radius 2 is 1.33 bits per heavy atom. The molecule has 2 aliphatic rings. The van der Waals surface area contributed by atoms with Crippen molar-refractivity contribution < 1.29 is 37.1 Å². The highest BCUT2D eigenvalue weighted by Crippen LogP contribution is 2.29. The van der Waals surface area contributed by atoms with Crippen LogP contribution in [0, 0.1) is 5.41 Å². The zero-order chi connectivity index (χ0) is 40.4. The summed E-state index contributed by atoms with van der Waals surface area (Å²) in [5, 5.41) is 13.3. The predicted molar refractivity (Wildman–Crippen MR) is 216 cm³/mol. The Balaban J connectivity index is 1.13. The number of esters is 1. The topological polar surface area (TPSA) is 175 Å². The molecule has 13 nitrogen and oxygen atoms in total. The summed E-state index contributed by atoms with van der Waals surface area (Å²) >= 11 is 0.